The number of isocyanates is 1. The van der Waals surface area contributed by atoms with Crippen LogP contribution in [-0.4, -0.2) is 64.9 Å². The van der Waals surface area contributed by atoms with Gasteiger partial charge in [-0.25, -0.2) is 14.6 Å². The Morgan fingerprint density at radius 2 is 1.27 bits per heavy atom. The molecule has 2 aromatic carbocycles. The van der Waals surface area contributed by atoms with E-state index in [0.29, 0.717) is 24.4 Å². The smallest absolute Gasteiger partial charge is 0.420 e. The molecule has 2 N–H and O–H groups in total. The molecule has 22 nitrogen and oxygen atoms in total. The quantitative estimate of drug-likeness (QED) is 0.0532. The Hall–Kier alpha value is -7.51. The van der Waals surface area contributed by atoms with Gasteiger partial charge in [0.15, 0.2) is 0 Å². The molecule has 0 aliphatic heterocycles. The van der Waals surface area contributed by atoms with Crippen LogP contribution in [0.3, 0.4) is 0 Å². The molecule has 56 heavy (non-hydrogen) atoms. The zero-order valence-electron chi connectivity index (χ0n) is 28.6. The summed E-state index contributed by atoms with van der Waals surface area (Å²) in [6, 6.07) is 2.63. The molecular formula is C28H24F6N10O12. The number of hydrogen-bond acceptors (Lipinski definition) is 15. The van der Waals surface area contributed by atoms with Crippen molar-refractivity contribution in [2.45, 2.75) is 40.0 Å². The maximum atomic E-state index is 13.3. The number of non-ortho nitro benzene ring substituents is 2. The monoisotopic (exact) mass is 806 g/mol. The Kier molecular flexibility index (Phi) is 14.7. The Labute approximate surface area is 306 Å². The molecule has 0 radical (unpaired) electrons. The van der Waals surface area contributed by atoms with Gasteiger partial charge in [-0.15, -0.1) is 10.2 Å². The fraction of sp³-hybridized carbons (Fsp3) is 0.286. The number of rotatable bonds is 10. The highest BCUT2D eigenvalue weighted by atomic mass is 19.4. The summed E-state index contributed by atoms with van der Waals surface area (Å²) in [5, 5.41) is 55.6. The third-order valence-electron chi connectivity index (χ3n) is 6.24. The summed E-state index contributed by atoms with van der Waals surface area (Å²) in [5.41, 5.74) is -7.40. The lowest BCUT2D eigenvalue weighted by Gasteiger charge is -2.12. The summed E-state index contributed by atoms with van der Waals surface area (Å²) in [5.74, 6) is -3.32. The van der Waals surface area contributed by atoms with E-state index < -0.39 is 89.3 Å². The predicted octanol–water partition coefficient (Wildman–Crippen LogP) is 7.08. The minimum atomic E-state index is -5.19. The highest BCUT2D eigenvalue weighted by Gasteiger charge is 2.42. The molecule has 2 aromatic heterocycles. The molecular weight excluding hydrogens is 782 g/mol. The van der Waals surface area contributed by atoms with Crippen LogP contribution in [0.1, 0.15) is 36.4 Å². The molecule has 0 spiro atoms. The van der Waals surface area contributed by atoms with Crippen molar-refractivity contribution in [1.29, 1.82) is 0 Å². The number of H-pyrrole nitrogens is 1. The standard InChI is InChI=1S/C14H12F3N5O6.C11H7F3N4O5.C3H5NO/c1-3-18-13(23)20-7(2)4-11(19-20)28-12-9(14(15,16)17)5-8(21(24)25)6-10(12)22(26)27;1-5-2-9(16-15-5)23-10-7(11(12,13)14)3-6(17(19)20)4-8(10)18(21)22;1-2-4-3-5/h4-6H,3H2,1-2H3,(H,18,23);2-4H,1H3,(H,15,16);2H2,1H3. The lowest BCUT2D eigenvalue weighted by Crippen LogP contribution is -2.29. The maximum absolute atomic E-state index is 13.3. The van der Waals surface area contributed by atoms with E-state index in [2.05, 4.69) is 25.6 Å². The van der Waals surface area contributed by atoms with Gasteiger partial charge in [-0.05, 0) is 27.7 Å². The van der Waals surface area contributed by atoms with Gasteiger partial charge in [-0.3, -0.25) is 45.6 Å². The summed E-state index contributed by atoms with van der Waals surface area (Å²) in [6.45, 7) is 7.15. The number of nitrogens with zero attached hydrogens (tertiary/aromatic N) is 8. The van der Waals surface area contributed by atoms with Crippen molar-refractivity contribution in [3.05, 3.63) is 99.4 Å². The van der Waals surface area contributed by atoms with Crippen LogP contribution < -0.4 is 14.8 Å². The van der Waals surface area contributed by atoms with Crippen LogP contribution in [0, 0.1) is 54.3 Å². The van der Waals surface area contributed by atoms with Crippen molar-refractivity contribution in [1.82, 2.24) is 25.3 Å². The molecule has 0 saturated heterocycles. The van der Waals surface area contributed by atoms with Gasteiger partial charge in [0.25, 0.3) is 11.4 Å². The molecule has 28 heteroatoms. The van der Waals surface area contributed by atoms with Gasteiger partial charge in [-0.1, -0.05) is 0 Å². The second-order valence-corrected chi connectivity index (χ2v) is 10.2. The second-order valence-electron chi connectivity index (χ2n) is 10.2. The van der Waals surface area contributed by atoms with Crippen LogP contribution in [0.2, 0.25) is 0 Å². The highest BCUT2D eigenvalue weighted by Crippen LogP contribution is 2.47. The Morgan fingerprint density at radius 1 is 0.804 bits per heavy atom. The van der Waals surface area contributed by atoms with Gasteiger partial charge in [0.1, 0.15) is 11.1 Å². The van der Waals surface area contributed by atoms with E-state index in [1.54, 1.807) is 13.8 Å². The Balaban J connectivity index is 0.000000350. The van der Waals surface area contributed by atoms with Crippen molar-refractivity contribution in [2.24, 2.45) is 4.99 Å². The summed E-state index contributed by atoms with van der Waals surface area (Å²) >= 11 is 0. The number of ether oxygens (including phenoxy) is 2. The number of carbonyl (C=O) groups is 1. The number of aliphatic imine (C=N–C) groups is 1. The molecule has 1 amide bonds. The van der Waals surface area contributed by atoms with Crippen molar-refractivity contribution < 1.29 is 65.1 Å². The lowest BCUT2D eigenvalue weighted by molar-refractivity contribution is -0.395. The number of amides is 1. The van der Waals surface area contributed by atoms with Crippen molar-refractivity contribution in [3.63, 3.8) is 0 Å². The van der Waals surface area contributed by atoms with Gasteiger partial charge in [0.05, 0.1) is 37.5 Å². The van der Waals surface area contributed by atoms with Crippen LogP contribution >= 0.6 is 0 Å². The number of nitrogens with one attached hydrogen (secondary N) is 2. The summed E-state index contributed by atoms with van der Waals surface area (Å²) in [4.78, 5) is 63.0. The fourth-order valence-electron chi connectivity index (χ4n) is 3.96. The molecule has 2 heterocycles. The number of aryl methyl sites for hydroxylation is 2. The minimum Gasteiger partial charge on any atom is -0.430 e. The molecule has 4 aromatic rings. The van der Waals surface area contributed by atoms with E-state index >= 15 is 0 Å². The number of nitro benzene ring substituents is 4. The average molecular weight is 807 g/mol. The molecule has 0 unspecified atom stereocenters. The topological polar surface area (TPSA) is 296 Å². The van der Waals surface area contributed by atoms with E-state index in [1.807, 2.05) is 0 Å². The van der Waals surface area contributed by atoms with Crippen LogP contribution in [0.15, 0.2) is 41.4 Å². The number of hydrogen-bond donors (Lipinski definition) is 2. The second kappa shape index (κ2) is 18.5. The number of nitro groups is 4. The van der Waals surface area contributed by atoms with E-state index in [1.165, 1.54) is 26.0 Å². The summed E-state index contributed by atoms with van der Waals surface area (Å²) < 4.78 is 89.9. The molecule has 4 rings (SSSR count). The number of benzene rings is 2. The predicted molar refractivity (Wildman–Crippen MR) is 173 cm³/mol. The first-order valence-electron chi connectivity index (χ1n) is 14.8. The fourth-order valence-corrected chi connectivity index (χ4v) is 3.96. The van der Waals surface area contributed by atoms with Gasteiger partial charge >= 0.3 is 29.8 Å². The molecule has 0 fully saturated rings. The molecule has 0 saturated carbocycles. The van der Waals surface area contributed by atoms with E-state index in [9.17, 15) is 71.6 Å². The SMILES string of the molecule is CCN=C=O.CCNC(=O)n1nc(Oc2c([N+](=O)[O-])cc([N+](=O)[O-])cc2C(F)(F)F)cc1C.Cc1cc(Oc2c([N+](=O)[O-])cc([N+](=O)[O-])cc2C(F)(F)F)n[nH]1. The first-order chi connectivity index (χ1) is 26.0. The largest absolute Gasteiger partial charge is 0.430 e. The van der Waals surface area contributed by atoms with Gasteiger partial charge < -0.3 is 14.8 Å². The third kappa shape index (κ3) is 11.7. The van der Waals surface area contributed by atoms with E-state index in [4.69, 9.17) is 14.3 Å². The van der Waals surface area contributed by atoms with Gasteiger partial charge in [-0.2, -0.15) is 31.0 Å². The van der Waals surface area contributed by atoms with Crippen molar-refractivity contribution in [3.8, 4) is 23.3 Å². The number of aromatic nitrogens is 4. The zero-order chi connectivity index (χ0) is 42.7. The average Bonchev–Trinajstić information content (AvgIpc) is 3.68. The van der Waals surface area contributed by atoms with E-state index in [0.717, 1.165) is 10.7 Å². The molecule has 300 valence electrons. The van der Waals surface area contributed by atoms with Crippen molar-refractivity contribution in [2.75, 3.05) is 13.1 Å². The number of carbonyl (C=O) groups excluding carboxylic acids is 2. The van der Waals surface area contributed by atoms with Crippen molar-refractivity contribution >= 4 is 34.9 Å². The number of alkyl halides is 6. The minimum absolute atomic E-state index is 0.121. The van der Waals surface area contributed by atoms with Crippen LogP contribution in [0.25, 0.3) is 0 Å². The molecule has 0 bridgehead atoms. The maximum Gasteiger partial charge on any atom is 0.420 e. The number of aromatic amines is 1. The lowest BCUT2D eigenvalue weighted by atomic mass is 10.1. The molecule has 0 aliphatic carbocycles. The number of halogens is 6. The zero-order valence-corrected chi connectivity index (χ0v) is 28.6. The first kappa shape index (κ1) is 44.7. The Morgan fingerprint density at radius 3 is 1.59 bits per heavy atom. The van der Waals surface area contributed by atoms with Gasteiger partial charge in [0.2, 0.25) is 29.3 Å². The van der Waals surface area contributed by atoms with Crippen LogP contribution in [-0.2, 0) is 17.1 Å². The molecule has 0 atom stereocenters. The van der Waals surface area contributed by atoms with E-state index in [-0.39, 0.29) is 30.3 Å². The first-order valence-corrected chi connectivity index (χ1v) is 14.8. The summed E-state index contributed by atoms with van der Waals surface area (Å²) in [6.07, 6.45) is -8.90. The van der Waals surface area contributed by atoms with Crippen LogP contribution in [0.4, 0.5) is 53.9 Å². The Bertz CT molecular complexity index is 2180. The normalized spacial score (nSPS) is 10.8. The van der Waals surface area contributed by atoms with Crippen LogP contribution in [0.5, 0.6) is 23.3 Å². The van der Waals surface area contributed by atoms with Gasteiger partial charge in [0, 0.05) is 43.0 Å². The highest BCUT2D eigenvalue weighted by molar-refractivity contribution is 5.76. The summed E-state index contributed by atoms with van der Waals surface area (Å²) in [7, 11) is 0. The third-order valence-corrected chi connectivity index (χ3v) is 6.24. The molecule has 0 aliphatic rings.